The Morgan fingerprint density at radius 1 is 0.747 bits per heavy atom. The third-order valence-corrected chi connectivity index (χ3v) is 16.0. The predicted octanol–water partition coefficient (Wildman–Crippen LogP) is 4.51. The molecule has 11 rings (SSSR count). The van der Waals surface area contributed by atoms with Crippen LogP contribution in [0.25, 0.3) is 32.9 Å². The number of para-hydroxylation sites is 1. The number of anilines is 5. The normalized spacial score (nSPS) is 16.3. The summed E-state index contributed by atoms with van der Waals surface area (Å²) in [6.45, 7) is 6.78. The van der Waals surface area contributed by atoms with Gasteiger partial charge in [-0.2, -0.15) is 10.1 Å². The first-order chi connectivity index (χ1) is 42.3. The van der Waals surface area contributed by atoms with Gasteiger partial charge in [-0.25, -0.2) is 14.2 Å². The molecule has 6 N–H and O–H groups in total. The van der Waals surface area contributed by atoms with Gasteiger partial charge in [-0.1, -0.05) is 40.7 Å². The quantitative estimate of drug-likeness (QED) is 0.0235. The molecule has 0 radical (unpaired) electrons. The summed E-state index contributed by atoms with van der Waals surface area (Å²) in [4.78, 5) is 92.2. The van der Waals surface area contributed by atoms with E-state index in [9.17, 15) is 28.8 Å². The Morgan fingerprint density at radius 3 is 2.24 bits per heavy atom. The van der Waals surface area contributed by atoms with Crippen LogP contribution in [0.3, 0.4) is 0 Å². The number of carbonyl (C=O) groups is 6. The first-order valence-corrected chi connectivity index (χ1v) is 29.3. The lowest BCUT2D eigenvalue weighted by molar-refractivity contribution is -0.142. The van der Waals surface area contributed by atoms with Crippen LogP contribution in [0.1, 0.15) is 47.7 Å². The van der Waals surface area contributed by atoms with Gasteiger partial charge >= 0.3 is 11.9 Å². The Labute approximate surface area is 505 Å². The molecular formula is C60H70ClFN15O10+. The molecule has 0 atom stereocenters. The second-order valence-corrected chi connectivity index (χ2v) is 21.6. The maximum Gasteiger partial charge on any atom is 0.340 e. The van der Waals surface area contributed by atoms with Gasteiger partial charge in [-0.3, -0.25) is 33.6 Å². The Hall–Kier alpha value is -8.66. The number of ether oxygens (including phenoxy) is 4. The van der Waals surface area contributed by atoms with Gasteiger partial charge in [0.05, 0.1) is 94.6 Å². The number of carbonyl (C=O) groups excluding carboxylic acids is 6. The number of fused-ring (bicyclic) bond motifs is 2. The lowest BCUT2D eigenvalue weighted by atomic mass is 9.88. The number of rotatable bonds is 27. The zero-order valence-corrected chi connectivity index (χ0v) is 49.2. The van der Waals surface area contributed by atoms with Crippen molar-refractivity contribution in [3.8, 4) is 11.1 Å². The van der Waals surface area contributed by atoms with E-state index in [2.05, 4.69) is 73.6 Å². The number of halogens is 2. The molecule has 4 bridgehead atoms. The third-order valence-electron chi connectivity index (χ3n) is 15.7. The molecule has 2 fully saturated rings. The van der Waals surface area contributed by atoms with Crippen molar-refractivity contribution in [3.05, 3.63) is 113 Å². The van der Waals surface area contributed by atoms with E-state index in [4.69, 9.17) is 30.9 Å². The van der Waals surface area contributed by atoms with E-state index in [0.717, 1.165) is 44.1 Å². The fourth-order valence-electron chi connectivity index (χ4n) is 11.1. The summed E-state index contributed by atoms with van der Waals surface area (Å²) in [5.74, 6) is -2.37. The lowest BCUT2D eigenvalue weighted by Gasteiger charge is -2.39. The highest BCUT2D eigenvalue weighted by Gasteiger charge is 2.46. The first kappa shape index (κ1) is 61.4. The number of aromatic nitrogens is 6. The van der Waals surface area contributed by atoms with E-state index in [1.165, 1.54) is 19.4 Å². The minimum atomic E-state index is -0.627. The van der Waals surface area contributed by atoms with Crippen molar-refractivity contribution in [2.24, 2.45) is 0 Å². The minimum absolute atomic E-state index is 0.0502. The van der Waals surface area contributed by atoms with Crippen molar-refractivity contribution < 1.29 is 52.1 Å². The summed E-state index contributed by atoms with van der Waals surface area (Å²) in [6.07, 6.45) is 3.96. The number of esters is 1. The molecule has 7 heterocycles. The summed E-state index contributed by atoms with van der Waals surface area (Å²) >= 11 is 6.42. The summed E-state index contributed by atoms with van der Waals surface area (Å²) in [5.41, 5.74) is 5.65. The van der Waals surface area contributed by atoms with E-state index >= 15 is 4.39 Å². The molecule has 4 aliphatic heterocycles. The number of nitrogens with one attached hydrogen (secondary N) is 6. The zero-order chi connectivity index (χ0) is 60.9. The van der Waals surface area contributed by atoms with E-state index in [0.29, 0.717) is 120 Å². The number of methoxy groups -OCH3 is 1. The van der Waals surface area contributed by atoms with Gasteiger partial charge in [0.2, 0.25) is 23.7 Å². The van der Waals surface area contributed by atoms with Gasteiger partial charge in [0, 0.05) is 99.2 Å². The van der Waals surface area contributed by atoms with Crippen molar-refractivity contribution in [2.75, 3.05) is 135 Å². The van der Waals surface area contributed by atoms with Crippen LogP contribution < -0.4 is 41.4 Å². The van der Waals surface area contributed by atoms with Crippen LogP contribution in [0.5, 0.6) is 0 Å². The summed E-state index contributed by atoms with van der Waals surface area (Å²) in [6, 6.07) is 23.7. The Morgan fingerprint density at radius 2 is 1.48 bits per heavy atom. The molecule has 3 aromatic heterocycles. The van der Waals surface area contributed by atoms with E-state index < -0.39 is 23.6 Å². The second-order valence-electron chi connectivity index (χ2n) is 21.2. The van der Waals surface area contributed by atoms with Crippen molar-refractivity contribution in [1.29, 1.82) is 0 Å². The van der Waals surface area contributed by atoms with Gasteiger partial charge in [-0.05, 0) is 60.2 Å². The summed E-state index contributed by atoms with van der Waals surface area (Å²) in [7, 11) is 2.78. The number of amides is 5. The highest BCUT2D eigenvalue weighted by Crippen LogP contribution is 2.42. The molecule has 0 saturated carbocycles. The number of hydrogen-bond donors (Lipinski definition) is 6. The van der Waals surface area contributed by atoms with Crippen molar-refractivity contribution >= 4 is 97.7 Å². The SMILES string of the molecule is CNC(=O)c1ccccc1Nc1nc(Nc2ccc(N3CCN(CCOCCOCCOCCNC(=O)CCC(=O)[N+]45CCC(CC4)c4nn(CC(=O)NCC(=O)NCC(=O)OC)c6cccc(c46)-c4cc6c(cnn65)cc4F)CC3)cc2)ncc1Cl. The molecule has 27 heteroatoms. The van der Waals surface area contributed by atoms with Crippen LogP contribution in [-0.2, 0) is 49.5 Å². The van der Waals surface area contributed by atoms with Crippen LogP contribution in [-0.4, -0.2) is 189 Å². The molecule has 0 spiro atoms. The number of piperazine rings is 1. The molecule has 0 aliphatic carbocycles. The Bertz CT molecular complexity index is 3620. The number of nitrogens with zero attached hydrogens (tertiary/aromatic N) is 9. The molecular weight excluding hydrogens is 1150 g/mol. The molecule has 458 valence electrons. The van der Waals surface area contributed by atoms with Crippen LogP contribution in [0.2, 0.25) is 5.02 Å². The van der Waals surface area contributed by atoms with Crippen LogP contribution in [0.4, 0.5) is 33.2 Å². The largest absolute Gasteiger partial charge is 0.468 e. The fourth-order valence-corrected chi connectivity index (χ4v) is 11.3. The van der Waals surface area contributed by atoms with E-state index in [-0.39, 0.29) is 79.4 Å². The van der Waals surface area contributed by atoms with Crippen LogP contribution in [0.15, 0.2) is 91.3 Å². The smallest absolute Gasteiger partial charge is 0.340 e. The molecule has 2 saturated heterocycles. The molecule has 87 heavy (non-hydrogen) atoms. The molecule has 0 unspecified atom stereocenters. The molecule has 7 aromatic rings. The minimum Gasteiger partial charge on any atom is -0.468 e. The predicted molar refractivity (Wildman–Crippen MR) is 324 cm³/mol. The molecule has 5 amide bonds. The third kappa shape index (κ3) is 14.8. The number of quaternary nitrogens is 1. The lowest BCUT2D eigenvalue weighted by Crippen LogP contribution is -2.65. The molecule has 4 aromatic carbocycles. The number of piperidine rings is 1. The standard InChI is InChI=1S/C60H69ClFN15O10/c1-63-59(83)44-6-3-4-8-48(44)70-58-46(61)35-67-60(71-58)69-41-10-12-42(13-11-41)74-21-19-73(20-22-74)23-27-86-29-31-87-30-28-85-26-18-64-51(78)14-15-54(81)77-24-16-39(17-25-77)57-56-43(45-33-50-40(32-47(45)62)34-68-76(50)77)7-5-9-49(56)75(72-57)38-53(80)65-36-52(79)66-37-55(82)84-2/h3-13,32-35,39H,14-31,36-38H2,1-2H3,(H5-,63,64,65,66,67,69,70,71,78,79,80,83)/p+1. The average Bonchev–Trinajstić information content (AvgIpc) is 1.82. The van der Waals surface area contributed by atoms with E-state index in [1.54, 1.807) is 53.0 Å². The van der Waals surface area contributed by atoms with Crippen LogP contribution >= 0.6 is 11.6 Å². The van der Waals surface area contributed by atoms with Gasteiger partial charge in [-0.15, -0.1) is 9.69 Å². The molecule has 4 aliphatic rings. The van der Waals surface area contributed by atoms with Crippen LogP contribution in [0, 0.1) is 5.82 Å². The summed E-state index contributed by atoms with van der Waals surface area (Å²) < 4.78 is 39.3. The van der Waals surface area contributed by atoms with E-state index in [1.807, 2.05) is 30.3 Å². The van der Waals surface area contributed by atoms with Crippen molar-refractivity contribution in [2.45, 2.75) is 38.1 Å². The number of hydrogen-bond acceptors (Lipinski definition) is 18. The second kappa shape index (κ2) is 28.7. The van der Waals surface area contributed by atoms with Gasteiger partial charge < -0.3 is 55.7 Å². The maximum atomic E-state index is 16.2. The highest BCUT2D eigenvalue weighted by molar-refractivity contribution is 6.33. The average molecular weight is 1220 g/mol. The Balaban J connectivity index is 0.606. The van der Waals surface area contributed by atoms with Gasteiger partial charge in [0.15, 0.2) is 5.82 Å². The Kier molecular flexibility index (Phi) is 20.3. The van der Waals surface area contributed by atoms with Crippen molar-refractivity contribution in [1.82, 2.24) is 60.4 Å². The topological polar surface area (TPSA) is 279 Å². The first-order valence-electron chi connectivity index (χ1n) is 28.9. The number of benzene rings is 4. The highest BCUT2D eigenvalue weighted by atomic mass is 35.5. The molecule has 25 nitrogen and oxygen atoms in total. The maximum absolute atomic E-state index is 16.2. The fraction of sp³-hybridized carbons (Fsp3) is 0.400. The monoisotopic (exact) mass is 1210 g/mol. The van der Waals surface area contributed by atoms with Crippen molar-refractivity contribution in [3.63, 3.8) is 0 Å². The van der Waals surface area contributed by atoms with Gasteiger partial charge in [0.25, 0.3) is 5.91 Å². The summed E-state index contributed by atoms with van der Waals surface area (Å²) in [5, 5.41) is 28.0. The zero-order valence-electron chi connectivity index (χ0n) is 48.5. The van der Waals surface area contributed by atoms with Gasteiger partial charge in [0.1, 0.15) is 42.5 Å².